The summed E-state index contributed by atoms with van der Waals surface area (Å²) in [6, 6.07) is 14.4. The lowest BCUT2D eigenvalue weighted by Gasteiger charge is -2.34. The first kappa shape index (κ1) is 28.8. The van der Waals surface area contributed by atoms with Crippen LogP contribution in [0.15, 0.2) is 59.5 Å². The van der Waals surface area contributed by atoms with Crippen LogP contribution in [0.1, 0.15) is 24.0 Å². The van der Waals surface area contributed by atoms with Crippen molar-refractivity contribution in [2.45, 2.75) is 37.1 Å². The SMILES string of the molecule is Cc1ccc(S(=O)(=O)N[C@@H](Cc2ccccc2)C(=O)N2CCC(C(=O)NCC(=O)NCC(=O)O)CC2)cc1. The molecule has 0 aromatic heterocycles. The molecule has 0 bridgehead atoms. The van der Waals surface area contributed by atoms with Crippen molar-refractivity contribution >= 4 is 33.7 Å². The average Bonchev–Trinajstić information content (AvgIpc) is 2.90. The third-order valence-electron chi connectivity index (χ3n) is 6.25. The number of aliphatic carboxylic acids is 1. The third-order valence-corrected chi connectivity index (χ3v) is 7.73. The summed E-state index contributed by atoms with van der Waals surface area (Å²) >= 11 is 0. The van der Waals surface area contributed by atoms with E-state index in [0.29, 0.717) is 12.8 Å². The number of sulfonamides is 1. The van der Waals surface area contributed by atoms with Crippen molar-refractivity contribution in [2.75, 3.05) is 26.2 Å². The van der Waals surface area contributed by atoms with E-state index in [0.717, 1.165) is 11.1 Å². The highest BCUT2D eigenvalue weighted by Crippen LogP contribution is 2.20. The Morgan fingerprint density at radius 2 is 1.58 bits per heavy atom. The number of benzene rings is 2. The van der Waals surface area contributed by atoms with Crippen molar-refractivity contribution in [3.8, 4) is 0 Å². The Kier molecular flexibility index (Phi) is 9.97. The number of carbonyl (C=O) groups is 4. The number of likely N-dealkylation sites (tertiary alicyclic amines) is 1. The van der Waals surface area contributed by atoms with Gasteiger partial charge in [0.05, 0.1) is 11.4 Å². The summed E-state index contributed by atoms with van der Waals surface area (Å²) in [7, 11) is -3.97. The molecule has 204 valence electrons. The highest BCUT2D eigenvalue weighted by Gasteiger charge is 2.33. The van der Waals surface area contributed by atoms with Gasteiger partial charge in [0.15, 0.2) is 0 Å². The fourth-order valence-corrected chi connectivity index (χ4v) is 5.32. The molecule has 1 saturated heterocycles. The van der Waals surface area contributed by atoms with Gasteiger partial charge < -0.3 is 20.6 Å². The third kappa shape index (κ3) is 8.38. The predicted molar refractivity (Wildman–Crippen MR) is 138 cm³/mol. The Bertz CT molecular complexity index is 1240. The zero-order chi connectivity index (χ0) is 27.7. The monoisotopic (exact) mass is 544 g/mol. The minimum Gasteiger partial charge on any atom is -0.480 e. The van der Waals surface area contributed by atoms with Gasteiger partial charge in [-0.25, -0.2) is 8.42 Å². The maximum Gasteiger partial charge on any atom is 0.322 e. The van der Waals surface area contributed by atoms with Crippen molar-refractivity contribution in [2.24, 2.45) is 5.92 Å². The smallest absolute Gasteiger partial charge is 0.322 e. The molecule has 1 atom stereocenters. The van der Waals surface area contributed by atoms with Gasteiger partial charge >= 0.3 is 5.97 Å². The largest absolute Gasteiger partial charge is 0.480 e. The Balaban J connectivity index is 1.63. The minimum absolute atomic E-state index is 0.0664. The normalized spacial score (nSPS) is 14.9. The zero-order valence-corrected chi connectivity index (χ0v) is 21.9. The van der Waals surface area contributed by atoms with E-state index in [1.807, 2.05) is 37.3 Å². The van der Waals surface area contributed by atoms with Gasteiger partial charge in [-0.05, 0) is 43.9 Å². The summed E-state index contributed by atoms with van der Waals surface area (Å²) in [6.45, 7) is 1.47. The fourth-order valence-electron chi connectivity index (χ4n) is 4.13. The summed E-state index contributed by atoms with van der Waals surface area (Å²) in [5, 5.41) is 13.2. The van der Waals surface area contributed by atoms with Crippen molar-refractivity contribution in [1.82, 2.24) is 20.3 Å². The second kappa shape index (κ2) is 13.2. The quantitative estimate of drug-likeness (QED) is 0.319. The molecule has 3 rings (SSSR count). The van der Waals surface area contributed by atoms with Crippen molar-refractivity contribution in [3.63, 3.8) is 0 Å². The zero-order valence-electron chi connectivity index (χ0n) is 21.1. The Morgan fingerprint density at radius 3 is 2.18 bits per heavy atom. The number of carboxylic acids is 1. The summed E-state index contributed by atoms with van der Waals surface area (Å²) in [4.78, 5) is 49.7. The van der Waals surface area contributed by atoms with Gasteiger partial charge in [-0.15, -0.1) is 0 Å². The topological polar surface area (TPSA) is 162 Å². The lowest BCUT2D eigenvalue weighted by Crippen LogP contribution is -2.52. The molecule has 11 nitrogen and oxygen atoms in total. The van der Waals surface area contributed by atoms with E-state index in [9.17, 15) is 27.6 Å². The molecule has 1 aliphatic heterocycles. The van der Waals surface area contributed by atoms with Gasteiger partial charge in [-0.3, -0.25) is 19.2 Å². The number of hydrogen-bond donors (Lipinski definition) is 4. The molecule has 3 amide bonds. The number of piperidine rings is 1. The van der Waals surface area contributed by atoms with Gasteiger partial charge in [0, 0.05) is 19.0 Å². The van der Waals surface area contributed by atoms with Crippen LogP contribution in [0, 0.1) is 12.8 Å². The molecule has 2 aromatic rings. The molecule has 4 N–H and O–H groups in total. The van der Waals surface area contributed by atoms with Crippen molar-refractivity contribution < 1.29 is 32.7 Å². The van der Waals surface area contributed by atoms with Gasteiger partial charge in [0.1, 0.15) is 12.6 Å². The molecular weight excluding hydrogens is 512 g/mol. The van der Waals surface area contributed by atoms with Crippen LogP contribution in [0.25, 0.3) is 0 Å². The Labute approximate surface area is 221 Å². The number of nitrogens with zero attached hydrogens (tertiary/aromatic N) is 1. The second-order valence-corrected chi connectivity index (χ2v) is 10.9. The van der Waals surface area contributed by atoms with Crippen LogP contribution in [0.2, 0.25) is 0 Å². The van der Waals surface area contributed by atoms with Crippen LogP contribution in [0.5, 0.6) is 0 Å². The molecule has 2 aromatic carbocycles. The van der Waals surface area contributed by atoms with Crippen LogP contribution >= 0.6 is 0 Å². The van der Waals surface area contributed by atoms with E-state index < -0.39 is 40.4 Å². The highest BCUT2D eigenvalue weighted by atomic mass is 32.2. The number of rotatable bonds is 11. The number of nitrogens with one attached hydrogen (secondary N) is 3. The number of carbonyl (C=O) groups excluding carboxylic acids is 3. The van der Waals surface area contributed by atoms with Gasteiger partial charge in [0.2, 0.25) is 27.7 Å². The number of aryl methyl sites for hydroxylation is 1. The van der Waals surface area contributed by atoms with E-state index in [2.05, 4.69) is 15.4 Å². The lowest BCUT2D eigenvalue weighted by molar-refractivity contribution is -0.138. The molecule has 0 radical (unpaired) electrons. The molecule has 1 heterocycles. The minimum atomic E-state index is -3.97. The molecule has 0 aliphatic carbocycles. The lowest BCUT2D eigenvalue weighted by atomic mass is 9.95. The number of amides is 3. The van der Waals surface area contributed by atoms with Crippen LogP contribution in [-0.4, -0.2) is 74.3 Å². The van der Waals surface area contributed by atoms with Crippen LogP contribution in [-0.2, 0) is 35.6 Å². The van der Waals surface area contributed by atoms with Crippen LogP contribution in [0.4, 0.5) is 0 Å². The standard InChI is InChI=1S/C26H32N4O7S/c1-18-7-9-21(10-8-18)38(36,37)29-22(15-19-5-3-2-4-6-19)26(35)30-13-11-20(12-14-30)25(34)28-16-23(31)27-17-24(32)33/h2-10,20,22,29H,11-17H2,1H3,(H,27,31)(H,28,34)(H,32,33)/t22-/m0/s1. The van der Waals surface area contributed by atoms with E-state index in [4.69, 9.17) is 5.11 Å². The molecule has 0 unspecified atom stereocenters. The van der Waals surface area contributed by atoms with E-state index >= 15 is 0 Å². The highest BCUT2D eigenvalue weighted by molar-refractivity contribution is 7.89. The fraction of sp³-hybridized carbons (Fsp3) is 0.385. The molecule has 38 heavy (non-hydrogen) atoms. The Hall–Kier alpha value is -3.77. The summed E-state index contributed by atoms with van der Waals surface area (Å²) in [6.07, 6.45) is 0.852. The first-order valence-corrected chi connectivity index (χ1v) is 13.7. The predicted octanol–water partition coefficient (Wildman–Crippen LogP) is 0.440. The van der Waals surface area contributed by atoms with Gasteiger partial charge in [-0.2, -0.15) is 4.72 Å². The summed E-state index contributed by atoms with van der Waals surface area (Å²) in [5.41, 5.74) is 1.71. The average molecular weight is 545 g/mol. The number of carboxylic acid groups (broad SMARTS) is 1. The van der Waals surface area contributed by atoms with Gasteiger partial charge in [0.25, 0.3) is 0 Å². The van der Waals surface area contributed by atoms with Crippen molar-refractivity contribution in [3.05, 3.63) is 65.7 Å². The van der Waals surface area contributed by atoms with E-state index in [-0.39, 0.29) is 42.8 Å². The molecule has 1 fully saturated rings. The first-order valence-electron chi connectivity index (χ1n) is 12.2. The Morgan fingerprint density at radius 1 is 0.947 bits per heavy atom. The first-order chi connectivity index (χ1) is 18.0. The molecular formula is C26H32N4O7S. The summed E-state index contributed by atoms with van der Waals surface area (Å²) < 4.78 is 28.7. The summed E-state index contributed by atoms with van der Waals surface area (Å²) in [5.74, 6) is -2.96. The van der Waals surface area contributed by atoms with E-state index in [1.54, 1.807) is 17.0 Å². The number of hydrogen-bond acceptors (Lipinski definition) is 6. The molecule has 0 spiro atoms. The molecule has 0 saturated carbocycles. The van der Waals surface area contributed by atoms with Crippen LogP contribution in [0.3, 0.4) is 0 Å². The molecule has 1 aliphatic rings. The molecule has 12 heteroatoms. The van der Waals surface area contributed by atoms with Crippen LogP contribution < -0.4 is 15.4 Å². The van der Waals surface area contributed by atoms with Crippen molar-refractivity contribution in [1.29, 1.82) is 0 Å². The van der Waals surface area contributed by atoms with Gasteiger partial charge in [-0.1, -0.05) is 48.0 Å². The van der Waals surface area contributed by atoms with E-state index in [1.165, 1.54) is 12.1 Å². The second-order valence-electron chi connectivity index (χ2n) is 9.16. The maximum atomic E-state index is 13.5. The maximum absolute atomic E-state index is 13.5.